The Hall–Kier alpha value is -2.24. The molecule has 0 bridgehead atoms. The summed E-state index contributed by atoms with van der Waals surface area (Å²) in [5, 5.41) is 0. The van der Waals surface area contributed by atoms with E-state index in [0.717, 1.165) is 28.4 Å². The van der Waals surface area contributed by atoms with Crippen LogP contribution >= 0.6 is 7.72 Å². The average molecular weight is 522 g/mol. The van der Waals surface area contributed by atoms with Crippen LogP contribution in [0.1, 0.15) is 16.7 Å². The largest absolute Gasteiger partial charge is 0 e. The van der Waals surface area contributed by atoms with E-state index in [1.807, 2.05) is 18.2 Å². The summed E-state index contributed by atoms with van der Waals surface area (Å²) in [6.07, 6.45) is 4.44. The normalized spacial score (nSPS) is 14.7. The fourth-order valence-electron chi connectivity index (χ4n) is 3.63. The first-order chi connectivity index (χ1) is 16.8. The standard InChI is InChI=1S/C25H23O2P.3CO.Cr/c1-26-28(27-2)24(21-14-8-4-9-15-21)18-23(20-12-6-3-7-13-20)19-25(28)22-16-10-5-11-17-22;3*1-2;/h3-19H,1-2H3;;;;/q+1;;;;. The van der Waals surface area contributed by atoms with E-state index in [4.69, 9.17) is 23.0 Å². The van der Waals surface area contributed by atoms with Crippen LogP contribution in [0.5, 0.6) is 0 Å². The van der Waals surface area contributed by atoms with Crippen LogP contribution in [0.15, 0.2) is 91.0 Å². The van der Waals surface area contributed by atoms with Crippen molar-refractivity contribution >= 4 is 7.72 Å². The van der Waals surface area contributed by atoms with Gasteiger partial charge in [0.1, 0.15) is 0 Å². The maximum absolute atomic E-state index is 7.50. The van der Waals surface area contributed by atoms with Crippen molar-refractivity contribution in [2.75, 3.05) is 14.2 Å². The van der Waals surface area contributed by atoms with E-state index in [9.17, 15) is 0 Å². The molecule has 0 saturated carbocycles. The smallest absolute Gasteiger partial charge is 0 e. The molecule has 35 heavy (non-hydrogen) atoms. The first kappa shape index (κ1) is 32.8. The molecule has 0 unspecified atom stereocenters. The summed E-state index contributed by atoms with van der Waals surface area (Å²) in [7, 11) is 1.02. The van der Waals surface area contributed by atoms with Gasteiger partial charge in [-0.1, -0.05) is 91.0 Å². The van der Waals surface area contributed by atoms with Crippen LogP contribution in [0.4, 0.5) is 0 Å². The average Bonchev–Trinajstić information content (AvgIpc) is 2.97. The summed E-state index contributed by atoms with van der Waals surface area (Å²) in [5.41, 5.74) is 5.61. The van der Waals surface area contributed by atoms with Crippen molar-refractivity contribution in [1.82, 2.24) is 0 Å². The molecule has 0 amide bonds. The van der Waals surface area contributed by atoms with Gasteiger partial charge in [-0.15, -0.1) is 0 Å². The molecule has 1 aliphatic rings. The van der Waals surface area contributed by atoms with Crippen molar-refractivity contribution in [3.8, 4) is 0 Å². The summed E-state index contributed by atoms with van der Waals surface area (Å²) in [4.78, 5) is 0. The molecule has 3 aromatic rings. The molecule has 5 radical (unpaired) electrons. The fraction of sp³-hybridized carbons (Fsp3) is 0.0714. The van der Waals surface area contributed by atoms with Crippen LogP contribution in [0, 0.1) is 50.0 Å². The maximum atomic E-state index is 7.50. The van der Waals surface area contributed by atoms with Gasteiger partial charge < -0.3 is 0 Å². The molecule has 4 rings (SSSR count). The number of hydrogen-bond donors (Lipinski definition) is 0. The Morgan fingerprint density at radius 3 is 1.09 bits per heavy atom. The number of hydrogen-bond acceptors (Lipinski definition) is 2. The molecule has 1 aliphatic heterocycles. The van der Waals surface area contributed by atoms with Crippen molar-refractivity contribution in [1.29, 1.82) is 0 Å². The third-order valence-corrected chi connectivity index (χ3v) is 8.05. The molecule has 1 heterocycles. The minimum Gasteiger partial charge on any atom is 0 e. The summed E-state index contributed by atoms with van der Waals surface area (Å²) in [6.45, 7) is 13.5. The molecule has 1 fully saturated rings. The molecule has 3 aromatic carbocycles. The van der Waals surface area contributed by atoms with Crippen LogP contribution in [0.2, 0.25) is 0 Å². The molecular formula is C28H23CrO5P+. The summed E-state index contributed by atoms with van der Waals surface area (Å²) < 4.78 is 34.9. The van der Waals surface area contributed by atoms with Gasteiger partial charge in [0.25, 0.3) is 0 Å². The van der Waals surface area contributed by atoms with Crippen molar-refractivity contribution in [3.63, 3.8) is 0 Å². The molecule has 7 heteroatoms. The zero-order valence-electron chi connectivity index (χ0n) is 19.2. The Kier molecular flexibility index (Phi) is 16.9. The van der Waals surface area contributed by atoms with Crippen LogP contribution < -0.4 is 0 Å². The SMILES string of the molecule is CO[P+]1(OC)[C](c2ccccc2)[CH][C](c2ccccc2)[CH][C]1c1ccccc1.[C-]#[O+].[C-]#[O+].[C-]#[O+].[Cr]. The van der Waals surface area contributed by atoms with E-state index in [0.29, 0.717) is 0 Å². The molecule has 0 aliphatic carbocycles. The van der Waals surface area contributed by atoms with Gasteiger partial charge in [0, 0.05) is 47.2 Å². The van der Waals surface area contributed by atoms with Gasteiger partial charge >= 0.3 is 41.6 Å². The maximum Gasteiger partial charge on any atom is 0 e. The van der Waals surface area contributed by atoms with Gasteiger partial charge in [0.2, 0.25) is 11.3 Å². The molecular weight excluding hydrogens is 499 g/mol. The first-order valence-electron chi connectivity index (χ1n) is 9.88. The van der Waals surface area contributed by atoms with Gasteiger partial charge in [-0.3, -0.25) is 0 Å². The fourth-order valence-corrected chi connectivity index (χ4v) is 6.42. The second-order valence-corrected chi connectivity index (χ2v) is 9.33. The molecule has 0 N–H and O–H groups in total. The Morgan fingerprint density at radius 1 is 0.514 bits per heavy atom. The zero-order valence-corrected chi connectivity index (χ0v) is 21.4. The number of rotatable bonds is 5. The summed E-state index contributed by atoms with van der Waals surface area (Å²) in [6, 6.07) is 31.2. The van der Waals surface area contributed by atoms with E-state index >= 15 is 0 Å². The third kappa shape index (κ3) is 7.88. The minimum absolute atomic E-state index is 0. The summed E-state index contributed by atoms with van der Waals surface area (Å²) in [5.74, 6) is 1.16. The van der Waals surface area contributed by atoms with Gasteiger partial charge in [-0.2, -0.15) is 0 Å². The van der Waals surface area contributed by atoms with Crippen LogP contribution in [-0.4, -0.2) is 14.2 Å². The predicted octanol–water partition coefficient (Wildman–Crippen LogP) is 6.22. The monoisotopic (exact) mass is 522 g/mol. The van der Waals surface area contributed by atoms with E-state index in [-0.39, 0.29) is 17.4 Å². The topological polar surface area (TPSA) is 78.2 Å². The van der Waals surface area contributed by atoms with Crippen molar-refractivity contribution in [2.24, 2.45) is 0 Å². The molecule has 1 saturated heterocycles. The molecule has 0 spiro atoms. The molecule has 0 atom stereocenters. The molecule has 175 valence electrons. The first-order valence-corrected chi connectivity index (χ1v) is 11.5. The van der Waals surface area contributed by atoms with E-state index in [1.165, 1.54) is 5.56 Å². The van der Waals surface area contributed by atoms with Gasteiger partial charge in [0.15, 0.2) is 0 Å². The van der Waals surface area contributed by atoms with Gasteiger partial charge in [0.05, 0.1) is 14.2 Å². The second-order valence-electron chi connectivity index (χ2n) is 6.53. The van der Waals surface area contributed by atoms with Crippen molar-refractivity contribution in [2.45, 2.75) is 0 Å². The quantitative estimate of drug-likeness (QED) is 0.227. The van der Waals surface area contributed by atoms with E-state index in [1.54, 1.807) is 14.2 Å². The zero-order chi connectivity index (χ0) is 25.4. The Bertz CT molecular complexity index is 939. The second kappa shape index (κ2) is 18.1. The third-order valence-electron chi connectivity index (χ3n) is 4.98. The van der Waals surface area contributed by atoms with Crippen molar-refractivity contribution in [3.05, 3.63) is 158 Å². The summed E-state index contributed by atoms with van der Waals surface area (Å²) >= 11 is 0. The van der Waals surface area contributed by atoms with E-state index in [2.05, 4.69) is 106 Å². The Morgan fingerprint density at radius 2 is 0.800 bits per heavy atom. The molecule has 0 aromatic heterocycles. The number of benzene rings is 3. The van der Waals surface area contributed by atoms with Crippen LogP contribution in [0.3, 0.4) is 0 Å². The van der Waals surface area contributed by atoms with Crippen LogP contribution in [-0.2, 0) is 40.4 Å². The van der Waals surface area contributed by atoms with Crippen molar-refractivity contribution < 1.29 is 40.4 Å². The minimum atomic E-state index is -2.47. The molecule has 5 nitrogen and oxygen atoms in total. The van der Waals surface area contributed by atoms with Gasteiger partial charge in [-0.25, -0.2) is 9.05 Å². The van der Waals surface area contributed by atoms with E-state index < -0.39 is 7.72 Å². The Labute approximate surface area is 219 Å². The predicted molar refractivity (Wildman–Crippen MR) is 128 cm³/mol. The van der Waals surface area contributed by atoms with Gasteiger partial charge in [-0.05, 0) is 5.56 Å². The Balaban J connectivity index is 0.00000154. The van der Waals surface area contributed by atoms with Crippen LogP contribution in [0.25, 0.3) is 0 Å².